The van der Waals surface area contributed by atoms with E-state index < -0.39 is 6.43 Å². The summed E-state index contributed by atoms with van der Waals surface area (Å²) < 4.78 is 33.1. The molecule has 2 aromatic carbocycles. The second-order valence-electron chi connectivity index (χ2n) is 6.78. The third kappa shape index (κ3) is 3.45. The lowest BCUT2D eigenvalue weighted by atomic mass is 9.82. The van der Waals surface area contributed by atoms with Crippen LogP contribution in [-0.4, -0.2) is 31.0 Å². The number of benzene rings is 2. The van der Waals surface area contributed by atoms with Crippen LogP contribution in [0.5, 0.6) is 5.75 Å². The monoisotopic (exact) mass is 424 g/mol. The Labute approximate surface area is 161 Å². The van der Waals surface area contributed by atoms with Gasteiger partial charge in [0.25, 0.3) is 6.43 Å². The molecule has 0 bridgehead atoms. The fourth-order valence-electron chi connectivity index (χ4n) is 3.87. The molecule has 0 saturated heterocycles. The van der Waals surface area contributed by atoms with Gasteiger partial charge in [0.15, 0.2) is 0 Å². The van der Waals surface area contributed by atoms with Gasteiger partial charge in [0.1, 0.15) is 5.75 Å². The minimum Gasteiger partial charge on any atom is -0.496 e. The van der Waals surface area contributed by atoms with Crippen molar-refractivity contribution in [2.24, 2.45) is 0 Å². The first kappa shape index (κ1) is 19.1. The molecule has 2 N–H and O–H groups in total. The zero-order chi connectivity index (χ0) is 19.0. The summed E-state index contributed by atoms with van der Waals surface area (Å²) in [5, 5.41) is 0. The predicted molar refractivity (Wildman–Crippen MR) is 104 cm³/mol. The van der Waals surface area contributed by atoms with Gasteiger partial charge < -0.3 is 10.5 Å². The van der Waals surface area contributed by atoms with Crippen LogP contribution in [0.3, 0.4) is 0 Å². The largest absolute Gasteiger partial charge is 0.496 e. The van der Waals surface area contributed by atoms with Crippen molar-refractivity contribution < 1.29 is 13.5 Å². The lowest BCUT2D eigenvalue weighted by molar-refractivity contribution is 0.0457. The molecule has 0 fully saturated rings. The Bertz CT molecular complexity index is 813. The van der Waals surface area contributed by atoms with E-state index in [0.717, 1.165) is 32.4 Å². The van der Waals surface area contributed by atoms with E-state index in [1.807, 2.05) is 49.1 Å². The Morgan fingerprint density at radius 1 is 1.27 bits per heavy atom. The maximum absolute atomic E-state index is 13.3. The van der Waals surface area contributed by atoms with Gasteiger partial charge in [-0.25, -0.2) is 8.78 Å². The first-order valence-corrected chi connectivity index (χ1v) is 9.38. The summed E-state index contributed by atoms with van der Waals surface area (Å²) in [6.45, 7) is 3.71. The molecular formula is C20H23BrF2N2O. The quantitative estimate of drug-likeness (QED) is 0.705. The van der Waals surface area contributed by atoms with Gasteiger partial charge in [0.2, 0.25) is 0 Å². The predicted octanol–water partition coefficient (Wildman–Crippen LogP) is 4.95. The lowest BCUT2D eigenvalue weighted by Gasteiger charge is -2.43. The van der Waals surface area contributed by atoms with E-state index in [4.69, 9.17) is 10.5 Å². The molecule has 26 heavy (non-hydrogen) atoms. The average Bonchev–Trinajstić information content (AvgIpc) is 2.59. The van der Waals surface area contributed by atoms with Gasteiger partial charge in [-0.1, -0.05) is 28.1 Å². The average molecular weight is 425 g/mol. The van der Waals surface area contributed by atoms with Gasteiger partial charge in [0.05, 0.1) is 19.7 Å². The standard InChI is InChI=1S/C20H23BrF2N2O/c1-11-8-16-12(2)17(24)7-6-14(16)20(25(11)10-19(22)23)15-5-4-13(21)9-18(15)26-3/h4-7,9,11,19-20H,8,10,24H2,1-3H3/t11-,20+/m1/s1. The second kappa shape index (κ2) is 7.53. The van der Waals surface area contributed by atoms with Gasteiger partial charge in [-0.2, -0.15) is 0 Å². The minimum atomic E-state index is -2.40. The topological polar surface area (TPSA) is 38.5 Å². The third-order valence-corrected chi connectivity index (χ3v) is 5.70. The molecule has 140 valence electrons. The smallest absolute Gasteiger partial charge is 0.251 e. The molecule has 0 aliphatic carbocycles. The van der Waals surface area contributed by atoms with Gasteiger partial charge in [-0.05, 0) is 55.2 Å². The maximum atomic E-state index is 13.3. The van der Waals surface area contributed by atoms with Gasteiger partial charge in [-0.3, -0.25) is 4.90 Å². The number of halogens is 3. The number of rotatable bonds is 4. The normalized spacial score (nSPS) is 20.3. The molecule has 0 unspecified atom stereocenters. The molecule has 0 spiro atoms. The summed E-state index contributed by atoms with van der Waals surface area (Å²) in [5.41, 5.74) is 10.9. The van der Waals surface area contributed by atoms with Gasteiger partial charge in [0, 0.05) is 21.8 Å². The van der Waals surface area contributed by atoms with Crippen molar-refractivity contribution >= 4 is 21.6 Å². The first-order chi connectivity index (χ1) is 12.3. The van der Waals surface area contributed by atoms with E-state index in [-0.39, 0.29) is 18.6 Å². The number of hydrogen-bond acceptors (Lipinski definition) is 3. The van der Waals surface area contributed by atoms with Crippen molar-refractivity contribution in [2.45, 2.75) is 38.8 Å². The molecule has 2 aromatic rings. The van der Waals surface area contributed by atoms with E-state index in [9.17, 15) is 8.78 Å². The number of methoxy groups -OCH3 is 1. The van der Waals surface area contributed by atoms with E-state index in [1.165, 1.54) is 0 Å². The number of fused-ring (bicyclic) bond motifs is 1. The molecule has 0 amide bonds. The van der Waals surface area contributed by atoms with E-state index >= 15 is 0 Å². The fraction of sp³-hybridized carbons (Fsp3) is 0.400. The Kier molecular flexibility index (Phi) is 5.53. The summed E-state index contributed by atoms with van der Waals surface area (Å²) in [7, 11) is 1.60. The van der Waals surface area contributed by atoms with Crippen molar-refractivity contribution in [3.8, 4) is 5.75 Å². The van der Waals surface area contributed by atoms with Crippen LogP contribution in [0, 0.1) is 6.92 Å². The highest BCUT2D eigenvalue weighted by Gasteiger charge is 2.37. The van der Waals surface area contributed by atoms with E-state index in [1.54, 1.807) is 7.11 Å². The highest BCUT2D eigenvalue weighted by molar-refractivity contribution is 9.10. The highest BCUT2D eigenvalue weighted by atomic mass is 79.9. The Hall–Kier alpha value is -1.66. The molecular weight excluding hydrogens is 402 g/mol. The molecule has 0 saturated carbocycles. The summed E-state index contributed by atoms with van der Waals surface area (Å²) in [6, 6.07) is 9.23. The van der Waals surface area contributed by atoms with Crippen LogP contribution in [0.25, 0.3) is 0 Å². The maximum Gasteiger partial charge on any atom is 0.251 e. The van der Waals surface area contributed by atoms with Crippen LogP contribution in [0.1, 0.15) is 35.2 Å². The lowest BCUT2D eigenvalue weighted by Crippen LogP contribution is -2.45. The summed E-state index contributed by atoms with van der Waals surface area (Å²) in [6.07, 6.45) is -1.70. The number of nitrogen functional groups attached to an aromatic ring is 1. The zero-order valence-electron chi connectivity index (χ0n) is 15.1. The summed E-state index contributed by atoms with van der Waals surface area (Å²) in [4.78, 5) is 1.87. The molecule has 1 aliphatic rings. The molecule has 0 radical (unpaired) electrons. The van der Waals surface area contributed by atoms with Crippen LogP contribution >= 0.6 is 15.9 Å². The van der Waals surface area contributed by atoms with Crippen LogP contribution in [0.4, 0.5) is 14.5 Å². The van der Waals surface area contributed by atoms with Gasteiger partial charge in [-0.15, -0.1) is 0 Å². The zero-order valence-corrected chi connectivity index (χ0v) is 16.7. The van der Waals surface area contributed by atoms with Crippen LogP contribution in [0.2, 0.25) is 0 Å². The minimum absolute atomic E-state index is 0.0321. The first-order valence-electron chi connectivity index (χ1n) is 8.58. The van der Waals surface area contributed by atoms with Crippen molar-refractivity contribution in [1.82, 2.24) is 4.90 Å². The number of hydrogen-bond donors (Lipinski definition) is 1. The Morgan fingerprint density at radius 3 is 2.62 bits per heavy atom. The van der Waals surface area contributed by atoms with E-state index in [0.29, 0.717) is 12.2 Å². The van der Waals surface area contributed by atoms with Crippen LogP contribution < -0.4 is 10.5 Å². The van der Waals surface area contributed by atoms with Crippen LogP contribution in [-0.2, 0) is 6.42 Å². The third-order valence-electron chi connectivity index (χ3n) is 5.21. The molecule has 1 aliphatic heterocycles. The highest BCUT2D eigenvalue weighted by Crippen LogP contribution is 2.43. The number of anilines is 1. The molecule has 2 atom stereocenters. The van der Waals surface area contributed by atoms with Crippen molar-refractivity contribution in [3.05, 3.63) is 57.1 Å². The van der Waals surface area contributed by atoms with Crippen molar-refractivity contribution in [3.63, 3.8) is 0 Å². The summed E-state index contributed by atoms with van der Waals surface area (Å²) >= 11 is 3.45. The number of nitrogens with zero attached hydrogens (tertiary/aromatic N) is 1. The molecule has 0 aromatic heterocycles. The molecule has 6 heteroatoms. The molecule has 3 rings (SSSR count). The summed E-state index contributed by atoms with van der Waals surface area (Å²) in [5.74, 6) is 0.679. The number of alkyl halides is 2. The second-order valence-corrected chi connectivity index (χ2v) is 7.69. The SMILES string of the molecule is COc1cc(Br)ccc1[C@@H]1c2ccc(N)c(C)c2C[C@@H](C)N1CC(F)F. The molecule has 1 heterocycles. The fourth-order valence-corrected chi connectivity index (χ4v) is 4.21. The molecule has 3 nitrogen and oxygen atoms in total. The number of nitrogens with two attached hydrogens (primary N) is 1. The van der Waals surface area contributed by atoms with Crippen LogP contribution in [0.15, 0.2) is 34.8 Å². The Morgan fingerprint density at radius 2 is 1.96 bits per heavy atom. The van der Waals surface area contributed by atoms with E-state index in [2.05, 4.69) is 15.9 Å². The van der Waals surface area contributed by atoms with Crippen molar-refractivity contribution in [2.75, 3.05) is 19.4 Å². The number of ether oxygens (including phenoxy) is 1. The Balaban J connectivity index is 2.22. The van der Waals surface area contributed by atoms with Gasteiger partial charge >= 0.3 is 0 Å². The van der Waals surface area contributed by atoms with Crippen molar-refractivity contribution in [1.29, 1.82) is 0 Å².